The molecule has 0 saturated carbocycles. The van der Waals surface area contributed by atoms with Gasteiger partial charge in [-0.25, -0.2) is 0 Å². The van der Waals surface area contributed by atoms with E-state index in [-0.39, 0.29) is 5.84 Å². The monoisotopic (exact) mass is 390 g/mol. The lowest BCUT2D eigenvalue weighted by Gasteiger charge is -2.11. The highest BCUT2D eigenvalue weighted by atomic mass is 79.9. The number of halogens is 3. The Balaban J connectivity index is 2.49. The summed E-state index contributed by atoms with van der Waals surface area (Å²) in [7, 11) is 0. The second kappa shape index (κ2) is 6.72. The average molecular weight is 392 g/mol. The van der Waals surface area contributed by atoms with Gasteiger partial charge in [-0.3, -0.25) is 0 Å². The number of amidine groups is 1. The molecule has 2 aromatic carbocycles. The maximum atomic E-state index is 8.89. The summed E-state index contributed by atoms with van der Waals surface area (Å²) < 4.78 is 0.732. The quantitative estimate of drug-likeness (QED) is 0.335. The molecule has 0 unspecified atom stereocenters. The van der Waals surface area contributed by atoms with Gasteiger partial charge in [0.05, 0.1) is 5.02 Å². The molecule has 3 nitrogen and oxygen atoms in total. The van der Waals surface area contributed by atoms with E-state index in [0.717, 1.165) is 14.3 Å². The Morgan fingerprint density at radius 3 is 2.65 bits per heavy atom. The summed E-state index contributed by atoms with van der Waals surface area (Å²) in [6.07, 6.45) is 0. The Morgan fingerprint density at radius 2 is 1.95 bits per heavy atom. The number of benzene rings is 2. The van der Waals surface area contributed by atoms with E-state index in [1.165, 1.54) is 11.8 Å². The van der Waals surface area contributed by atoms with Crippen LogP contribution in [0.1, 0.15) is 5.56 Å². The van der Waals surface area contributed by atoms with E-state index >= 15 is 0 Å². The predicted octanol–water partition coefficient (Wildman–Crippen LogP) is 5.00. The molecule has 7 heteroatoms. The molecule has 0 aliphatic rings. The van der Waals surface area contributed by atoms with Crippen LogP contribution < -0.4 is 5.73 Å². The topological polar surface area (TPSA) is 58.6 Å². The number of hydrogen-bond donors (Lipinski definition) is 2. The van der Waals surface area contributed by atoms with Crippen LogP contribution in [-0.2, 0) is 0 Å². The Kier molecular flexibility index (Phi) is 5.21. The fourth-order valence-electron chi connectivity index (χ4n) is 1.56. The Hall–Kier alpha value is -0.880. The van der Waals surface area contributed by atoms with Gasteiger partial charge in [0.25, 0.3) is 0 Å². The van der Waals surface area contributed by atoms with Crippen molar-refractivity contribution in [2.75, 3.05) is 0 Å². The van der Waals surface area contributed by atoms with Crippen LogP contribution in [0.3, 0.4) is 0 Å². The minimum absolute atomic E-state index is 0.0260. The van der Waals surface area contributed by atoms with Crippen molar-refractivity contribution in [2.45, 2.75) is 9.79 Å². The van der Waals surface area contributed by atoms with Gasteiger partial charge in [-0.2, -0.15) is 0 Å². The highest BCUT2D eigenvalue weighted by molar-refractivity contribution is 9.10. The fourth-order valence-corrected chi connectivity index (χ4v) is 3.78. The molecule has 0 atom stereocenters. The second-order valence-corrected chi connectivity index (χ2v) is 6.56. The molecular formula is C13H9BrCl2N2OS. The summed E-state index contributed by atoms with van der Waals surface area (Å²) in [5, 5.41) is 13.1. The van der Waals surface area contributed by atoms with Gasteiger partial charge in [0, 0.05) is 24.8 Å². The van der Waals surface area contributed by atoms with Crippen LogP contribution in [0.25, 0.3) is 0 Å². The zero-order valence-electron chi connectivity index (χ0n) is 9.98. The fraction of sp³-hybridized carbons (Fsp3) is 0. The first kappa shape index (κ1) is 15.5. The minimum atomic E-state index is 0.0260. The van der Waals surface area contributed by atoms with Gasteiger partial charge < -0.3 is 10.9 Å². The third-order valence-electron chi connectivity index (χ3n) is 2.45. The van der Waals surface area contributed by atoms with E-state index in [0.29, 0.717) is 15.6 Å². The SMILES string of the molecule is N/C(=N/O)c1c(Br)cccc1Sc1cc(Cl)ccc1Cl. The molecule has 0 radical (unpaired) electrons. The van der Waals surface area contributed by atoms with Crippen molar-refractivity contribution in [3.05, 3.63) is 56.5 Å². The molecule has 3 N–H and O–H groups in total. The summed E-state index contributed by atoms with van der Waals surface area (Å²) in [4.78, 5) is 1.60. The molecule has 2 rings (SSSR count). The normalized spacial score (nSPS) is 11.7. The van der Waals surface area contributed by atoms with E-state index in [1.54, 1.807) is 18.2 Å². The van der Waals surface area contributed by atoms with E-state index in [9.17, 15) is 0 Å². The summed E-state index contributed by atoms with van der Waals surface area (Å²) in [6, 6.07) is 10.8. The predicted molar refractivity (Wildman–Crippen MR) is 87.2 cm³/mol. The summed E-state index contributed by atoms with van der Waals surface area (Å²) >= 11 is 16.9. The van der Waals surface area contributed by atoms with Crippen LogP contribution in [0, 0.1) is 0 Å². The third kappa shape index (κ3) is 3.41. The van der Waals surface area contributed by atoms with Crippen LogP contribution in [0.4, 0.5) is 0 Å². The van der Waals surface area contributed by atoms with Crippen molar-refractivity contribution in [1.82, 2.24) is 0 Å². The highest BCUT2D eigenvalue weighted by Gasteiger charge is 2.14. The number of nitrogens with zero attached hydrogens (tertiary/aromatic N) is 1. The van der Waals surface area contributed by atoms with Crippen molar-refractivity contribution in [3.63, 3.8) is 0 Å². The number of rotatable bonds is 3. The van der Waals surface area contributed by atoms with Crippen LogP contribution in [0.2, 0.25) is 10.0 Å². The molecule has 20 heavy (non-hydrogen) atoms. The van der Waals surface area contributed by atoms with E-state index in [1.807, 2.05) is 18.2 Å². The minimum Gasteiger partial charge on any atom is -0.409 e. The van der Waals surface area contributed by atoms with E-state index in [2.05, 4.69) is 21.1 Å². The molecule has 0 spiro atoms. The van der Waals surface area contributed by atoms with Gasteiger partial charge in [-0.1, -0.05) is 46.2 Å². The van der Waals surface area contributed by atoms with Gasteiger partial charge in [-0.15, -0.1) is 0 Å². The second-order valence-electron chi connectivity index (χ2n) is 3.78. The van der Waals surface area contributed by atoms with Crippen LogP contribution in [0.15, 0.2) is 55.8 Å². The van der Waals surface area contributed by atoms with E-state index < -0.39 is 0 Å². The molecule has 0 aromatic heterocycles. The molecule has 0 heterocycles. The van der Waals surface area contributed by atoms with E-state index in [4.69, 9.17) is 34.1 Å². The number of hydrogen-bond acceptors (Lipinski definition) is 3. The molecule has 0 aliphatic heterocycles. The lowest BCUT2D eigenvalue weighted by atomic mass is 10.2. The van der Waals surface area contributed by atoms with Crippen molar-refractivity contribution in [3.8, 4) is 0 Å². The molecular weight excluding hydrogens is 383 g/mol. The maximum absolute atomic E-state index is 8.89. The van der Waals surface area contributed by atoms with Crippen LogP contribution >= 0.6 is 50.9 Å². The highest BCUT2D eigenvalue weighted by Crippen LogP contribution is 2.38. The number of nitrogens with two attached hydrogens (primary N) is 1. The summed E-state index contributed by atoms with van der Waals surface area (Å²) in [5.74, 6) is 0.0260. The first-order valence-corrected chi connectivity index (χ1v) is 7.78. The molecule has 104 valence electrons. The summed E-state index contributed by atoms with van der Waals surface area (Å²) in [6.45, 7) is 0. The van der Waals surface area contributed by atoms with Gasteiger partial charge in [-0.05, 0) is 46.3 Å². The van der Waals surface area contributed by atoms with Gasteiger partial charge in [0.15, 0.2) is 5.84 Å². The molecule has 0 bridgehead atoms. The van der Waals surface area contributed by atoms with Gasteiger partial charge >= 0.3 is 0 Å². The Morgan fingerprint density at radius 1 is 1.20 bits per heavy atom. The molecule has 0 fully saturated rings. The average Bonchev–Trinajstić information content (AvgIpc) is 2.42. The zero-order chi connectivity index (χ0) is 14.7. The third-order valence-corrected chi connectivity index (χ3v) is 4.91. The molecule has 2 aromatic rings. The van der Waals surface area contributed by atoms with Gasteiger partial charge in [0.2, 0.25) is 0 Å². The zero-order valence-corrected chi connectivity index (χ0v) is 13.9. The van der Waals surface area contributed by atoms with Crippen molar-refractivity contribution >= 4 is 56.7 Å². The first-order chi connectivity index (χ1) is 9.52. The lowest BCUT2D eigenvalue weighted by molar-refractivity contribution is 0.318. The molecule has 0 aliphatic carbocycles. The molecule has 0 saturated heterocycles. The van der Waals surface area contributed by atoms with Crippen LogP contribution in [-0.4, -0.2) is 11.0 Å². The summed E-state index contributed by atoms with van der Waals surface area (Å²) in [5.41, 5.74) is 6.32. The molecule has 0 amide bonds. The lowest BCUT2D eigenvalue weighted by Crippen LogP contribution is -2.15. The smallest absolute Gasteiger partial charge is 0.172 e. The standard InChI is InChI=1S/C13H9BrCl2N2OS/c14-8-2-1-3-10(12(8)13(17)18-19)20-11-6-7(15)4-5-9(11)16/h1-6,19H,(H2,17,18). The van der Waals surface area contributed by atoms with Gasteiger partial charge in [0.1, 0.15) is 0 Å². The largest absolute Gasteiger partial charge is 0.409 e. The Bertz CT molecular complexity index is 679. The first-order valence-electron chi connectivity index (χ1n) is 5.42. The number of oxime groups is 1. The van der Waals surface area contributed by atoms with Crippen molar-refractivity contribution < 1.29 is 5.21 Å². The van der Waals surface area contributed by atoms with Crippen LogP contribution in [0.5, 0.6) is 0 Å². The van der Waals surface area contributed by atoms with Crippen molar-refractivity contribution in [1.29, 1.82) is 0 Å². The maximum Gasteiger partial charge on any atom is 0.172 e. The Labute approximate surface area is 138 Å². The van der Waals surface area contributed by atoms with Crippen molar-refractivity contribution in [2.24, 2.45) is 10.9 Å².